The first-order valence-electron chi connectivity index (χ1n) is 8.51. The Morgan fingerprint density at radius 1 is 0.913 bits per heavy atom. The maximum Gasteiger partial charge on any atom is 0.131 e. The number of nitrogens with zero attached hydrogens (tertiary/aromatic N) is 1. The van der Waals surface area contributed by atoms with E-state index in [0.29, 0.717) is 0 Å². The average Bonchev–Trinajstić information content (AvgIpc) is 2.72. The SMILES string of the molecule is CN1CCCCC1C1(O)c2ccccc2C=Cc2ccccc21. The lowest BCUT2D eigenvalue weighted by Crippen LogP contribution is -2.52. The second-order valence-electron chi connectivity index (χ2n) is 6.77. The van der Waals surface area contributed by atoms with E-state index in [9.17, 15) is 5.11 Å². The van der Waals surface area contributed by atoms with Crippen molar-refractivity contribution in [3.8, 4) is 0 Å². The lowest BCUT2D eigenvalue weighted by atomic mass is 9.74. The van der Waals surface area contributed by atoms with Gasteiger partial charge >= 0.3 is 0 Å². The normalized spacial score (nSPS) is 23.0. The number of hydrogen-bond donors (Lipinski definition) is 1. The van der Waals surface area contributed by atoms with Crippen LogP contribution in [0.4, 0.5) is 0 Å². The van der Waals surface area contributed by atoms with Crippen LogP contribution in [0.25, 0.3) is 12.2 Å². The van der Waals surface area contributed by atoms with Crippen LogP contribution in [0.1, 0.15) is 41.5 Å². The number of fused-ring (bicyclic) bond motifs is 2. The molecular weight excluding hydrogens is 282 g/mol. The van der Waals surface area contributed by atoms with Crippen LogP contribution in [-0.2, 0) is 5.60 Å². The van der Waals surface area contributed by atoms with Gasteiger partial charge in [-0.1, -0.05) is 67.1 Å². The molecule has 0 amide bonds. The fourth-order valence-electron chi connectivity index (χ4n) is 4.27. The first kappa shape index (κ1) is 14.7. The summed E-state index contributed by atoms with van der Waals surface area (Å²) in [5, 5.41) is 12.1. The summed E-state index contributed by atoms with van der Waals surface area (Å²) in [6, 6.07) is 16.7. The van der Waals surface area contributed by atoms with Crippen molar-refractivity contribution in [2.24, 2.45) is 0 Å². The molecule has 1 aliphatic heterocycles. The lowest BCUT2D eigenvalue weighted by molar-refractivity contribution is -0.0278. The van der Waals surface area contributed by atoms with Crippen molar-refractivity contribution < 1.29 is 5.11 Å². The second-order valence-corrected chi connectivity index (χ2v) is 6.77. The van der Waals surface area contributed by atoms with Gasteiger partial charge in [-0.05, 0) is 48.7 Å². The molecule has 1 N–H and O–H groups in total. The third-order valence-electron chi connectivity index (χ3n) is 5.44. The summed E-state index contributed by atoms with van der Waals surface area (Å²) < 4.78 is 0. The topological polar surface area (TPSA) is 23.5 Å². The molecule has 0 radical (unpaired) electrons. The second kappa shape index (κ2) is 5.63. The smallest absolute Gasteiger partial charge is 0.131 e. The summed E-state index contributed by atoms with van der Waals surface area (Å²) in [6.07, 6.45) is 7.68. The van der Waals surface area contributed by atoms with E-state index in [2.05, 4.69) is 48.4 Å². The van der Waals surface area contributed by atoms with Crippen molar-refractivity contribution in [3.05, 3.63) is 70.8 Å². The van der Waals surface area contributed by atoms with E-state index in [0.717, 1.165) is 35.2 Å². The van der Waals surface area contributed by atoms with Crippen molar-refractivity contribution in [1.82, 2.24) is 4.90 Å². The van der Waals surface area contributed by atoms with Gasteiger partial charge in [0.2, 0.25) is 0 Å². The van der Waals surface area contributed by atoms with E-state index in [4.69, 9.17) is 0 Å². The third-order valence-corrected chi connectivity index (χ3v) is 5.44. The number of likely N-dealkylation sites (N-methyl/N-ethyl adjacent to an activating group) is 1. The van der Waals surface area contributed by atoms with Gasteiger partial charge in [0.1, 0.15) is 5.60 Å². The number of likely N-dealkylation sites (tertiary alicyclic amines) is 1. The minimum Gasteiger partial charge on any atom is -0.379 e. The molecular formula is C21H23NO. The number of rotatable bonds is 1. The average molecular weight is 305 g/mol. The molecule has 1 fully saturated rings. The number of benzene rings is 2. The third kappa shape index (κ3) is 2.25. The molecule has 2 heteroatoms. The quantitative estimate of drug-likeness (QED) is 0.864. The first-order valence-corrected chi connectivity index (χ1v) is 8.51. The van der Waals surface area contributed by atoms with Crippen LogP contribution in [0, 0.1) is 0 Å². The molecule has 4 rings (SSSR count). The van der Waals surface area contributed by atoms with Crippen LogP contribution in [0.3, 0.4) is 0 Å². The van der Waals surface area contributed by atoms with Crippen molar-refractivity contribution in [1.29, 1.82) is 0 Å². The van der Waals surface area contributed by atoms with Gasteiger partial charge < -0.3 is 5.11 Å². The highest BCUT2D eigenvalue weighted by Crippen LogP contribution is 2.44. The molecule has 2 aromatic rings. The van der Waals surface area contributed by atoms with Gasteiger partial charge in [0, 0.05) is 6.04 Å². The largest absolute Gasteiger partial charge is 0.379 e. The maximum absolute atomic E-state index is 12.1. The highest BCUT2D eigenvalue weighted by molar-refractivity contribution is 5.77. The van der Waals surface area contributed by atoms with Gasteiger partial charge in [0.05, 0.1) is 0 Å². The monoisotopic (exact) mass is 305 g/mol. The van der Waals surface area contributed by atoms with Gasteiger partial charge in [-0.2, -0.15) is 0 Å². The van der Waals surface area contributed by atoms with Crippen LogP contribution in [0.5, 0.6) is 0 Å². The zero-order valence-electron chi connectivity index (χ0n) is 13.6. The summed E-state index contributed by atoms with van der Waals surface area (Å²) >= 11 is 0. The molecule has 0 spiro atoms. The van der Waals surface area contributed by atoms with Gasteiger partial charge in [-0.25, -0.2) is 0 Å². The summed E-state index contributed by atoms with van der Waals surface area (Å²) in [5.41, 5.74) is 3.32. The summed E-state index contributed by atoms with van der Waals surface area (Å²) in [7, 11) is 2.14. The molecule has 1 atom stereocenters. The Hall–Kier alpha value is -1.90. The van der Waals surface area contributed by atoms with Gasteiger partial charge in [-0.15, -0.1) is 0 Å². The van der Waals surface area contributed by atoms with E-state index in [-0.39, 0.29) is 6.04 Å². The predicted molar refractivity (Wildman–Crippen MR) is 95.1 cm³/mol. The van der Waals surface area contributed by atoms with Crippen LogP contribution in [0.2, 0.25) is 0 Å². The van der Waals surface area contributed by atoms with Crippen molar-refractivity contribution in [2.75, 3.05) is 13.6 Å². The van der Waals surface area contributed by atoms with Crippen molar-refractivity contribution >= 4 is 12.2 Å². The molecule has 1 heterocycles. The number of aliphatic hydroxyl groups is 1. The molecule has 0 aromatic heterocycles. The number of piperidine rings is 1. The van der Waals surface area contributed by atoms with Gasteiger partial charge in [0.15, 0.2) is 0 Å². The van der Waals surface area contributed by atoms with Gasteiger partial charge in [-0.3, -0.25) is 4.90 Å². The Bertz CT molecular complexity index is 700. The minimum absolute atomic E-state index is 0.110. The highest BCUT2D eigenvalue weighted by Gasteiger charge is 2.45. The molecule has 1 saturated heterocycles. The zero-order valence-corrected chi connectivity index (χ0v) is 13.6. The summed E-state index contributed by atoms with van der Waals surface area (Å²) in [5.74, 6) is 0. The van der Waals surface area contributed by atoms with Crippen LogP contribution in [-0.4, -0.2) is 29.6 Å². The Morgan fingerprint density at radius 3 is 2.04 bits per heavy atom. The Morgan fingerprint density at radius 2 is 1.48 bits per heavy atom. The molecule has 1 aliphatic carbocycles. The highest BCUT2D eigenvalue weighted by atomic mass is 16.3. The fraction of sp³-hybridized carbons (Fsp3) is 0.333. The Labute approximate surface area is 138 Å². The van der Waals surface area contributed by atoms with Crippen LogP contribution in [0.15, 0.2) is 48.5 Å². The van der Waals surface area contributed by atoms with Crippen LogP contribution >= 0.6 is 0 Å². The first-order chi connectivity index (χ1) is 11.2. The maximum atomic E-state index is 12.1. The molecule has 118 valence electrons. The van der Waals surface area contributed by atoms with Crippen molar-refractivity contribution in [3.63, 3.8) is 0 Å². The Kier molecular flexibility index (Phi) is 3.59. The van der Waals surface area contributed by atoms with E-state index in [1.807, 2.05) is 24.3 Å². The predicted octanol–water partition coefficient (Wildman–Crippen LogP) is 3.89. The molecule has 2 aliphatic rings. The standard InChI is InChI=1S/C21H23NO/c1-22-15-7-6-12-20(22)21(23)18-10-4-2-8-16(18)13-14-17-9-3-5-11-19(17)21/h2-5,8-11,13-14,20,23H,6-7,12,15H2,1H3. The minimum atomic E-state index is -0.966. The van der Waals surface area contributed by atoms with E-state index < -0.39 is 5.60 Å². The summed E-state index contributed by atoms with van der Waals surface area (Å²) in [4.78, 5) is 2.34. The molecule has 23 heavy (non-hydrogen) atoms. The number of hydrogen-bond acceptors (Lipinski definition) is 2. The van der Waals surface area contributed by atoms with E-state index in [1.54, 1.807) is 0 Å². The van der Waals surface area contributed by atoms with Gasteiger partial charge in [0.25, 0.3) is 0 Å². The Balaban J connectivity index is 1.98. The molecule has 1 unspecified atom stereocenters. The van der Waals surface area contributed by atoms with Crippen LogP contribution < -0.4 is 0 Å². The van der Waals surface area contributed by atoms with E-state index >= 15 is 0 Å². The zero-order chi connectivity index (χ0) is 15.9. The molecule has 2 aromatic carbocycles. The lowest BCUT2D eigenvalue weighted by Gasteiger charge is -2.45. The van der Waals surface area contributed by atoms with Crippen molar-refractivity contribution in [2.45, 2.75) is 30.9 Å². The molecule has 0 saturated carbocycles. The summed E-state index contributed by atoms with van der Waals surface area (Å²) in [6.45, 7) is 1.05. The molecule has 2 nitrogen and oxygen atoms in total. The molecule has 0 bridgehead atoms. The van der Waals surface area contributed by atoms with E-state index in [1.165, 1.54) is 12.8 Å². The fourth-order valence-corrected chi connectivity index (χ4v) is 4.27.